The summed E-state index contributed by atoms with van der Waals surface area (Å²) in [6, 6.07) is 20.1. The summed E-state index contributed by atoms with van der Waals surface area (Å²) in [6.45, 7) is 2.23. The summed E-state index contributed by atoms with van der Waals surface area (Å²) in [4.78, 5) is 18.3. The van der Waals surface area contributed by atoms with E-state index in [0.29, 0.717) is 17.4 Å². The van der Waals surface area contributed by atoms with E-state index >= 15 is 0 Å². The van der Waals surface area contributed by atoms with Gasteiger partial charge in [0.2, 0.25) is 0 Å². The number of nitrogens with one attached hydrogen (secondary N) is 4. The van der Waals surface area contributed by atoms with E-state index in [9.17, 15) is 4.79 Å². The van der Waals surface area contributed by atoms with E-state index < -0.39 is 0 Å². The number of hydrogen-bond donors (Lipinski definition) is 4. The Labute approximate surface area is 180 Å². The van der Waals surface area contributed by atoms with Crippen molar-refractivity contribution in [1.29, 1.82) is 0 Å². The minimum absolute atomic E-state index is 0.169. The molecule has 0 unspecified atom stereocenters. The maximum absolute atomic E-state index is 12.6. The molecule has 1 amide bonds. The molecule has 0 atom stereocenters. The first-order valence-corrected chi connectivity index (χ1v) is 10.6. The maximum Gasteiger partial charge on any atom is 0.256 e. The third kappa shape index (κ3) is 4.32. The van der Waals surface area contributed by atoms with Gasteiger partial charge in [-0.3, -0.25) is 9.89 Å². The summed E-state index contributed by atoms with van der Waals surface area (Å²) in [5, 5.41) is 14.8. The van der Waals surface area contributed by atoms with Crippen LogP contribution in [0.4, 0.5) is 11.5 Å². The zero-order valence-corrected chi connectivity index (χ0v) is 17.5. The third-order valence-electron chi connectivity index (χ3n) is 5.87. The molecule has 0 spiro atoms. The van der Waals surface area contributed by atoms with Gasteiger partial charge < -0.3 is 20.5 Å². The molecule has 7 nitrogen and oxygen atoms in total. The second-order valence-electron chi connectivity index (χ2n) is 8.19. The van der Waals surface area contributed by atoms with E-state index in [1.165, 1.54) is 0 Å². The van der Waals surface area contributed by atoms with Gasteiger partial charge in [0.1, 0.15) is 11.5 Å². The largest absolute Gasteiger partial charge is 0.382 e. The highest BCUT2D eigenvalue weighted by Gasteiger charge is 2.16. The molecule has 3 heterocycles. The van der Waals surface area contributed by atoms with Crippen molar-refractivity contribution in [2.45, 2.75) is 18.9 Å². The highest BCUT2D eigenvalue weighted by Crippen LogP contribution is 2.24. The molecule has 0 radical (unpaired) electrons. The fourth-order valence-corrected chi connectivity index (χ4v) is 4.04. The highest BCUT2D eigenvalue weighted by atomic mass is 16.1. The quantitative estimate of drug-likeness (QED) is 0.392. The number of fused-ring (bicyclic) bond motifs is 1. The number of nitrogens with zero attached hydrogens (tertiary/aromatic N) is 2. The summed E-state index contributed by atoms with van der Waals surface area (Å²) in [5.41, 5.74) is 4.37. The van der Waals surface area contributed by atoms with Gasteiger partial charge in [-0.15, -0.1) is 0 Å². The molecule has 5 rings (SSSR count). The lowest BCUT2D eigenvalue weighted by Gasteiger charge is -2.30. The monoisotopic (exact) mass is 414 g/mol. The van der Waals surface area contributed by atoms with E-state index in [-0.39, 0.29) is 5.91 Å². The van der Waals surface area contributed by atoms with Crippen LogP contribution in [-0.2, 0) is 0 Å². The second-order valence-corrected chi connectivity index (χ2v) is 8.19. The number of aromatic amines is 2. The molecule has 2 aromatic heterocycles. The summed E-state index contributed by atoms with van der Waals surface area (Å²) in [6.07, 6.45) is 2.27. The lowest BCUT2D eigenvalue weighted by atomic mass is 10.0. The van der Waals surface area contributed by atoms with E-state index in [1.54, 1.807) is 0 Å². The van der Waals surface area contributed by atoms with Gasteiger partial charge in [-0.1, -0.05) is 18.2 Å². The van der Waals surface area contributed by atoms with Gasteiger partial charge in [-0.2, -0.15) is 5.10 Å². The van der Waals surface area contributed by atoms with Crippen LogP contribution in [0.15, 0.2) is 60.7 Å². The van der Waals surface area contributed by atoms with Crippen molar-refractivity contribution in [2.24, 2.45) is 0 Å². The predicted octanol–water partition coefficient (Wildman–Crippen LogP) is 4.32. The predicted molar refractivity (Wildman–Crippen MR) is 124 cm³/mol. The zero-order chi connectivity index (χ0) is 21.2. The van der Waals surface area contributed by atoms with Gasteiger partial charge in [-0.05, 0) is 69.4 Å². The molecular formula is C24H26N6O. The number of carbonyl (C=O) groups is 1. The van der Waals surface area contributed by atoms with Gasteiger partial charge in [0, 0.05) is 34.3 Å². The van der Waals surface area contributed by atoms with Crippen LogP contribution >= 0.6 is 0 Å². The SMILES string of the molecule is CN1CCC(Nc2ccc(C(=O)Nc3cc(-c4cc5ccccc5[nH]4)n[nH]3)cc2)CC1. The normalized spacial score (nSPS) is 15.3. The van der Waals surface area contributed by atoms with Crippen LogP contribution in [0.2, 0.25) is 0 Å². The molecule has 158 valence electrons. The van der Waals surface area contributed by atoms with Crippen LogP contribution in [-0.4, -0.2) is 52.2 Å². The molecule has 0 saturated carbocycles. The third-order valence-corrected chi connectivity index (χ3v) is 5.87. The number of anilines is 2. The van der Waals surface area contributed by atoms with Crippen LogP contribution in [0.1, 0.15) is 23.2 Å². The van der Waals surface area contributed by atoms with Crippen molar-refractivity contribution in [1.82, 2.24) is 20.1 Å². The molecule has 4 aromatic rings. The topological polar surface area (TPSA) is 88.8 Å². The molecule has 1 fully saturated rings. The number of rotatable bonds is 5. The Balaban J connectivity index is 1.22. The van der Waals surface area contributed by atoms with Crippen molar-refractivity contribution < 1.29 is 4.79 Å². The van der Waals surface area contributed by atoms with Crippen molar-refractivity contribution in [2.75, 3.05) is 30.8 Å². The standard InChI is InChI=1S/C24H26N6O/c1-30-12-10-19(11-13-30)25-18-8-6-16(7-9-18)24(31)27-23-15-22(28-29-23)21-14-17-4-2-3-5-20(17)26-21/h2-9,14-15,19,25-26H,10-13H2,1H3,(H2,27,28,29,31). The van der Waals surface area contributed by atoms with Gasteiger partial charge in [0.05, 0.1) is 5.69 Å². The maximum atomic E-state index is 12.6. The number of carbonyl (C=O) groups excluding carboxylic acids is 1. The molecule has 1 saturated heterocycles. The van der Waals surface area contributed by atoms with Gasteiger partial charge in [0.25, 0.3) is 5.91 Å². The van der Waals surface area contributed by atoms with Crippen LogP contribution < -0.4 is 10.6 Å². The number of aromatic nitrogens is 3. The second kappa shape index (κ2) is 8.28. The fourth-order valence-electron chi connectivity index (χ4n) is 4.04. The first-order chi connectivity index (χ1) is 15.1. The number of hydrogen-bond acceptors (Lipinski definition) is 4. The smallest absolute Gasteiger partial charge is 0.256 e. The van der Waals surface area contributed by atoms with Gasteiger partial charge >= 0.3 is 0 Å². The molecule has 4 N–H and O–H groups in total. The Morgan fingerprint density at radius 3 is 2.61 bits per heavy atom. The average molecular weight is 415 g/mol. The lowest BCUT2D eigenvalue weighted by molar-refractivity contribution is 0.102. The van der Waals surface area contributed by atoms with Crippen molar-refractivity contribution >= 4 is 28.3 Å². The number of benzene rings is 2. The Morgan fingerprint density at radius 1 is 1.06 bits per heavy atom. The molecule has 1 aliphatic heterocycles. The minimum Gasteiger partial charge on any atom is -0.382 e. The zero-order valence-electron chi connectivity index (χ0n) is 17.5. The highest BCUT2D eigenvalue weighted by molar-refractivity contribution is 6.04. The van der Waals surface area contributed by atoms with Crippen molar-refractivity contribution in [3.8, 4) is 11.4 Å². The van der Waals surface area contributed by atoms with E-state index in [2.05, 4.69) is 43.8 Å². The lowest BCUT2D eigenvalue weighted by Crippen LogP contribution is -2.36. The number of H-pyrrole nitrogens is 2. The molecule has 0 bridgehead atoms. The van der Waals surface area contributed by atoms with Gasteiger partial charge in [-0.25, -0.2) is 0 Å². The van der Waals surface area contributed by atoms with Crippen molar-refractivity contribution in [3.05, 3.63) is 66.2 Å². The Bertz CT molecular complexity index is 1150. The fraction of sp³-hybridized carbons (Fsp3) is 0.250. The number of likely N-dealkylation sites (tertiary alicyclic amines) is 1. The molecule has 31 heavy (non-hydrogen) atoms. The summed E-state index contributed by atoms with van der Waals surface area (Å²) in [7, 11) is 2.16. The minimum atomic E-state index is -0.169. The summed E-state index contributed by atoms with van der Waals surface area (Å²) >= 11 is 0. The first-order valence-electron chi connectivity index (χ1n) is 10.6. The van der Waals surface area contributed by atoms with Crippen LogP contribution in [0, 0.1) is 0 Å². The van der Waals surface area contributed by atoms with Gasteiger partial charge in [0.15, 0.2) is 0 Å². The van der Waals surface area contributed by atoms with Crippen LogP contribution in [0.3, 0.4) is 0 Å². The molecule has 1 aliphatic rings. The number of piperidine rings is 1. The molecule has 7 heteroatoms. The molecule has 0 aliphatic carbocycles. The molecular weight excluding hydrogens is 388 g/mol. The van der Waals surface area contributed by atoms with Crippen LogP contribution in [0.5, 0.6) is 0 Å². The summed E-state index contributed by atoms with van der Waals surface area (Å²) < 4.78 is 0. The van der Waals surface area contributed by atoms with E-state index in [4.69, 9.17) is 0 Å². The Hall–Kier alpha value is -3.58. The average Bonchev–Trinajstić information content (AvgIpc) is 3.42. The number of para-hydroxylation sites is 1. The number of amides is 1. The van der Waals surface area contributed by atoms with E-state index in [1.807, 2.05) is 54.6 Å². The Morgan fingerprint density at radius 2 is 1.84 bits per heavy atom. The van der Waals surface area contributed by atoms with Crippen molar-refractivity contribution in [3.63, 3.8) is 0 Å². The Kier molecular flexibility index (Phi) is 5.18. The van der Waals surface area contributed by atoms with Crippen LogP contribution in [0.25, 0.3) is 22.3 Å². The summed E-state index contributed by atoms with van der Waals surface area (Å²) in [5.74, 6) is 0.393. The molecule has 2 aromatic carbocycles. The van der Waals surface area contributed by atoms with E-state index in [0.717, 1.165) is 53.9 Å². The first kappa shape index (κ1) is 19.4.